The van der Waals surface area contributed by atoms with Crippen LogP contribution < -0.4 is 0 Å². The summed E-state index contributed by atoms with van der Waals surface area (Å²) >= 11 is 0. The highest BCUT2D eigenvalue weighted by molar-refractivity contribution is 5.75. The molecule has 0 aliphatic heterocycles. The van der Waals surface area contributed by atoms with Gasteiger partial charge in [0, 0.05) is 0 Å². The molecule has 0 N–H and O–H groups in total. The standard InChI is InChI=1S/C5H7N3O/c1-5(9)2-8-3-6-7-4-8/h3-4H,2H2,1H3. The SMILES string of the molecule is CC(=O)Cn1cnnc1. The summed E-state index contributed by atoms with van der Waals surface area (Å²) in [6, 6.07) is 0. The van der Waals surface area contributed by atoms with Crippen LogP contribution in [0.1, 0.15) is 6.92 Å². The molecular weight excluding hydrogens is 118 g/mol. The lowest BCUT2D eigenvalue weighted by Gasteiger charge is -1.91. The average Bonchev–Trinajstić information content (AvgIpc) is 2.15. The van der Waals surface area contributed by atoms with Crippen LogP contribution in [0.2, 0.25) is 0 Å². The Hall–Kier alpha value is -1.19. The molecule has 4 nitrogen and oxygen atoms in total. The average molecular weight is 125 g/mol. The van der Waals surface area contributed by atoms with E-state index in [4.69, 9.17) is 0 Å². The Balaban J connectivity index is 2.58. The molecule has 0 unspecified atom stereocenters. The number of ketones is 1. The van der Waals surface area contributed by atoms with Gasteiger partial charge in [-0.05, 0) is 6.92 Å². The molecule has 0 atom stereocenters. The number of carbonyl (C=O) groups excluding carboxylic acids is 1. The van der Waals surface area contributed by atoms with Crippen molar-refractivity contribution in [3.63, 3.8) is 0 Å². The third-order valence-electron chi connectivity index (χ3n) is 0.872. The van der Waals surface area contributed by atoms with Crippen LogP contribution in [-0.2, 0) is 11.3 Å². The van der Waals surface area contributed by atoms with Gasteiger partial charge in [0.05, 0.1) is 6.54 Å². The molecule has 0 bridgehead atoms. The van der Waals surface area contributed by atoms with Crippen LogP contribution in [0.4, 0.5) is 0 Å². The third-order valence-corrected chi connectivity index (χ3v) is 0.872. The van der Waals surface area contributed by atoms with Gasteiger partial charge in [0.15, 0.2) is 0 Å². The Kier molecular flexibility index (Phi) is 1.58. The largest absolute Gasteiger partial charge is 0.313 e. The van der Waals surface area contributed by atoms with E-state index in [-0.39, 0.29) is 5.78 Å². The Morgan fingerprint density at radius 1 is 1.56 bits per heavy atom. The molecule has 0 saturated heterocycles. The maximum Gasteiger partial charge on any atom is 0.149 e. The lowest BCUT2D eigenvalue weighted by Crippen LogP contribution is -2.02. The van der Waals surface area contributed by atoms with E-state index in [2.05, 4.69) is 10.2 Å². The fourth-order valence-corrected chi connectivity index (χ4v) is 0.561. The van der Waals surface area contributed by atoms with Crippen molar-refractivity contribution >= 4 is 5.78 Å². The van der Waals surface area contributed by atoms with E-state index < -0.39 is 0 Å². The maximum absolute atomic E-state index is 10.4. The quantitative estimate of drug-likeness (QED) is 0.553. The van der Waals surface area contributed by atoms with Crippen LogP contribution in [0.25, 0.3) is 0 Å². The fourth-order valence-electron chi connectivity index (χ4n) is 0.561. The number of carbonyl (C=O) groups is 1. The summed E-state index contributed by atoms with van der Waals surface area (Å²) in [4.78, 5) is 10.4. The van der Waals surface area contributed by atoms with E-state index >= 15 is 0 Å². The number of rotatable bonds is 2. The van der Waals surface area contributed by atoms with Crippen LogP contribution in [-0.4, -0.2) is 20.5 Å². The minimum absolute atomic E-state index is 0.106. The van der Waals surface area contributed by atoms with Crippen molar-refractivity contribution in [1.29, 1.82) is 0 Å². The second kappa shape index (κ2) is 2.39. The van der Waals surface area contributed by atoms with Gasteiger partial charge in [-0.2, -0.15) is 0 Å². The molecule has 9 heavy (non-hydrogen) atoms. The second-order valence-electron chi connectivity index (χ2n) is 1.84. The van der Waals surface area contributed by atoms with Gasteiger partial charge >= 0.3 is 0 Å². The Bertz CT molecular complexity index is 192. The summed E-state index contributed by atoms with van der Waals surface area (Å²) in [5, 5.41) is 7.07. The van der Waals surface area contributed by atoms with Crippen molar-refractivity contribution in [3.05, 3.63) is 12.7 Å². The Morgan fingerprint density at radius 3 is 2.56 bits per heavy atom. The Labute approximate surface area is 52.5 Å². The van der Waals surface area contributed by atoms with Crippen LogP contribution >= 0.6 is 0 Å². The van der Waals surface area contributed by atoms with Crippen LogP contribution in [0.3, 0.4) is 0 Å². The predicted octanol–water partition coefficient (Wildman–Crippen LogP) is -0.133. The van der Waals surface area contributed by atoms with E-state index in [1.807, 2.05) is 0 Å². The van der Waals surface area contributed by atoms with E-state index in [0.29, 0.717) is 6.54 Å². The number of hydrogen-bond acceptors (Lipinski definition) is 3. The van der Waals surface area contributed by atoms with E-state index in [9.17, 15) is 4.79 Å². The van der Waals surface area contributed by atoms with Gasteiger partial charge in [-0.15, -0.1) is 10.2 Å². The summed E-state index contributed by atoms with van der Waals surface area (Å²) in [5.74, 6) is 0.106. The summed E-state index contributed by atoms with van der Waals surface area (Å²) < 4.78 is 1.63. The van der Waals surface area contributed by atoms with Crippen molar-refractivity contribution in [2.45, 2.75) is 13.5 Å². The van der Waals surface area contributed by atoms with Gasteiger partial charge in [-0.25, -0.2) is 0 Å². The first-order chi connectivity index (χ1) is 4.29. The summed E-state index contributed by atoms with van der Waals surface area (Å²) in [6.45, 7) is 1.90. The first-order valence-electron chi connectivity index (χ1n) is 2.61. The number of Topliss-reactive ketones (excluding diaryl/α,β-unsaturated/α-hetero) is 1. The maximum atomic E-state index is 10.4. The topological polar surface area (TPSA) is 47.8 Å². The summed E-state index contributed by atoms with van der Waals surface area (Å²) in [5.41, 5.74) is 0. The second-order valence-corrected chi connectivity index (χ2v) is 1.84. The van der Waals surface area contributed by atoms with Crippen molar-refractivity contribution in [2.75, 3.05) is 0 Å². The van der Waals surface area contributed by atoms with Gasteiger partial charge < -0.3 is 4.57 Å². The zero-order valence-electron chi connectivity index (χ0n) is 5.11. The minimum Gasteiger partial charge on any atom is -0.313 e. The summed E-state index contributed by atoms with van der Waals surface area (Å²) in [7, 11) is 0. The van der Waals surface area contributed by atoms with Crippen LogP contribution in [0.15, 0.2) is 12.7 Å². The molecule has 0 aromatic carbocycles. The molecule has 0 aliphatic carbocycles. The first-order valence-corrected chi connectivity index (χ1v) is 2.61. The predicted molar refractivity (Wildman–Crippen MR) is 30.7 cm³/mol. The van der Waals surface area contributed by atoms with E-state index in [0.717, 1.165) is 0 Å². The van der Waals surface area contributed by atoms with Gasteiger partial charge in [0.25, 0.3) is 0 Å². The van der Waals surface area contributed by atoms with Crippen molar-refractivity contribution in [2.24, 2.45) is 0 Å². The molecule has 1 rings (SSSR count). The molecule has 0 fully saturated rings. The molecule has 0 radical (unpaired) electrons. The van der Waals surface area contributed by atoms with Crippen molar-refractivity contribution in [3.8, 4) is 0 Å². The fraction of sp³-hybridized carbons (Fsp3) is 0.400. The number of hydrogen-bond donors (Lipinski definition) is 0. The summed E-state index contributed by atoms with van der Waals surface area (Å²) in [6.07, 6.45) is 3.03. The van der Waals surface area contributed by atoms with Gasteiger partial charge in [0.2, 0.25) is 0 Å². The first kappa shape index (κ1) is 5.94. The van der Waals surface area contributed by atoms with Crippen molar-refractivity contribution in [1.82, 2.24) is 14.8 Å². The Morgan fingerprint density at radius 2 is 2.11 bits per heavy atom. The molecular formula is C5H7N3O. The number of aromatic nitrogens is 3. The minimum atomic E-state index is 0.106. The van der Waals surface area contributed by atoms with Gasteiger partial charge in [-0.3, -0.25) is 4.79 Å². The number of nitrogens with zero attached hydrogens (tertiary/aromatic N) is 3. The molecule has 0 saturated carbocycles. The monoisotopic (exact) mass is 125 g/mol. The molecule has 0 aliphatic rings. The zero-order chi connectivity index (χ0) is 6.69. The highest BCUT2D eigenvalue weighted by Crippen LogP contribution is 1.81. The van der Waals surface area contributed by atoms with E-state index in [1.165, 1.54) is 19.6 Å². The molecule has 1 aromatic rings. The lowest BCUT2D eigenvalue weighted by molar-refractivity contribution is -0.117. The van der Waals surface area contributed by atoms with Crippen molar-refractivity contribution < 1.29 is 4.79 Å². The third kappa shape index (κ3) is 1.64. The smallest absolute Gasteiger partial charge is 0.149 e. The van der Waals surface area contributed by atoms with Crippen LogP contribution in [0.5, 0.6) is 0 Å². The van der Waals surface area contributed by atoms with E-state index in [1.54, 1.807) is 4.57 Å². The molecule has 4 heteroatoms. The lowest BCUT2D eigenvalue weighted by atomic mass is 10.4. The highest BCUT2D eigenvalue weighted by Gasteiger charge is 1.92. The molecule has 1 heterocycles. The van der Waals surface area contributed by atoms with Gasteiger partial charge in [0.1, 0.15) is 18.4 Å². The van der Waals surface area contributed by atoms with Crippen LogP contribution in [0, 0.1) is 0 Å². The molecule has 48 valence electrons. The molecule has 0 spiro atoms. The molecule has 1 aromatic heterocycles. The normalized spacial score (nSPS) is 9.44. The molecule has 0 amide bonds. The highest BCUT2D eigenvalue weighted by atomic mass is 16.1. The van der Waals surface area contributed by atoms with Gasteiger partial charge in [-0.1, -0.05) is 0 Å². The zero-order valence-corrected chi connectivity index (χ0v) is 5.11.